The second kappa shape index (κ2) is 6.28. The van der Waals surface area contributed by atoms with E-state index in [1.54, 1.807) is 12.3 Å². The van der Waals surface area contributed by atoms with Crippen LogP contribution in [0, 0.1) is 5.41 Å². The molecule has 1 aromatic heterocycles. The van der Waals surface area contributed by atoms with Crippen molar-refractivity contribution in [3.05, 3.63) is 40.9 Å². The van der Waals surface area contributed by atoms with Gasteiger partial charge in [0.2, 0.25) is 0 Å². The number of carbonyl (C=O) groups is 1. The lowest BCUT2D eigenvalue weighted by molar-refractivity contribution is -0.113. The van der Waals surface area contributed by atoms with E-state index in [9.17, 15) is 4.79 Å². The minimum atomic E-state index is -0.298. The summed E-state index contributed by atoms with van der Waals surface area (Å²) in [6.45, 7) is 6.98. The van der Waals surface area contributed by atoms with Gasteiger partial charge in [-0.2, -0.15) is 4.99 Å². The number of amidine groups is 1. The average Bonchev–Trinajstić information content (AvgIpc) is 2.82. The van der Waals surface area contributed by atoms with Crippen LogP contribution in [0.3, 0.4) is 0 Å². The summed E-state index contributed by atoms with van der Waals surface area (Å²) in [4.78, 5) is 20.3. The predicted molar refractivity (Wildman–Crippen MR) is 98.9 cm³/mol. The molecule has 0 bridgehead atoms. The molecule has 0 saturated heterocycles. The van der Waals surface area contributed by atoms with Crippen molar-refractivity contribution >= 4 is 39.8 Å². The van der Waals surface area contributed by atoms with Crippen molar-refractivity contribution in [2.24, 2.45) is 16.1 Å². The number of pyridine rings is 1. The number of amides is 1. The smallest absolute Gasteiger partial charge is 0.286 e. The van der Waals surface area contributed by atoms with Gasteiger partial charge in [-0.15, -0.1) is 0 Å². The number of nitrogens with two attached hydrogens (primary N) is 1. The van der Waals surface area contributed by atoms with Gasteiger partial charge >= 0.3 is 0 Å². The largest absolute Gasteiger partial charge is 0.492 e. The van der Waals surface area contributed by atoms with Crippen LogP contribution in [0.4, 0.5) is 0 Å². The van der Waals surface area contributed by atoms with Crippen LogP contribution >= 0.6 is 11.8 Å². The first-order chi connectivity index (χ1) is 11.3. The van der Waals surface area contributed by atoms with E-state index >= 15 is 0 Å². The Morgan fingerprint density at radius 3 is 2.75 bits per heavy atom. The third kappa shape index (κ3) is 3.76. The summed E-state index contributed by atoms with van der Waals surface area (Å²) in [7, 11) is 0. The van der Waals surface area contributed by atoms with Crippen LogP contribution in [0.25, 0.3) is 17.0 Å². The zero-order valence-corrected chi connectivity index (χ0v) is 14.7. The van der Waals surface area contributed by atoms with Gasteiger partial charge < -0.3 is 10.5 Å². The minimum Gasteiger partial charge on any atom is -0.492 e. The molecule has 1 amide bonds. The van der Waals surface area contributed by atoms with Crippen LogP contribution in [0.5, 0.6) is 5.75 Å². The molecular formula is C18H19N3O2S. The number of nitrogens with zero attached hydrogens (tertiary/aromatic N) is 2. The van der Waals surface area contributed by atoms with Gasteiger partial charge in [-0.25, -0.2) is 0 Å². The molecule has 6 heteroatoms. The Hall–Kier alpha value is -2.34. The van der Waals surface area contributed by atoms with E-state index < -0.39 is 0 Å². The van der Waals surface area contributed by atoms with Gasteiger partial charge in [0.1, 0.15) is 5.75 Å². The lowest BCUT2D eigenvalue weighted by atomic mass is 9.98. The number of thioether (sulfide) groups is 1. The molecule has 5 nitrogen and oxygen atoms in total. The number of aromatic nitrogens is 1. The van der Waals surface area contributed by atoms with E-state index in [-0.39, 0.29) is 16.5 Å². The van der Waals surface area contributed by atoms with Crippen molar-refractivity contribution in [2.45, 2.75) is 20.8 Å². The average molecular weight is 341 g/mol. The molecule has 1 aromatic carbocycles. The maximum Gasteiger partial charge on any atom is 0.286 e. The van der Waals surface area contributed by atoms with E-state index in [0.717, 1.165) is 22.2 Å². The number of hydrogen-bond donors (Lipinski definition) is 1. The van der Waals surface area contributed by atoms with Crippen molar-refractivity contribution in [3.63, 3.8) is 0 Å². The van der Waals surface area contributed by atoms with Gasteiger partial charge in [0.05, 0.1) is 17.0 Å². The van der Waals surface area contributed by atoms with Crippen molar-refractivity contribution in [3.8, 4) is 5.75 Å². The summed E-state index contributed by atoms with van der Waals surface area (Å²) in [5, 5.41) is 1.20. The molecule has 24 heavy (non-hydrogen) atoms. The molecule has 1 aliphatic rings. The highest BCUT2D eigenvalue weighted by Crippen LogP contribution is 2.30. The normalized spacial score (nSPS) is 16.7. The third-order valence-electron chi connectivity index (χ3n) is 3.32. The minimum absolute atomic E-state index is 0.0664. The number of rotatable bonds is 3. The number of aliphatic imine (C=N–C) groups is 1. The first-order valence-corrected chi connectivity index (χ1v) is 8.43. The van der Waals surface area contributed by atoms with Crippen LogP contribution in [-0.4, -0.2) is 22.7 Å². The Morgan fingerprint density at radius 2 is 2.08 bits per heavy atom. The zero-order chi connectivity index (χ0) is 17.3. The van der Waals surface area contributed by atoms with Crippen LogP contribution in [0.1, 0.15) is 26.3 Å². The zero-order valence-electron chi connectivity index (χ0n) is 13.9. The van der Waals surface area contributed by atoms with Gasteiger partial charge in [0.15, 0.2) is 5.17 Å². The van der Waals surface area contributed by atoms with Gasteiger partial charge in [-0.3, -0.25) is 9.78 Å². The van der Waals surface area contributed by atoms with E-state index in [2.05, 4.69) is 30.7 Å². The molecule has 2 heterocycles. The van der Waals surface area contributed by atoms with Gasteiger partial charge in [-0.05, 0) is 47.0 Å². The lowest BCUT2D eigenvalue weighted by Crippen LogP contribution is -2.17. The number of benzene rings is 1. The van der Waals surface area contributed by atoms with E-state index in [1.165, 1.54) is 11.8 Å². The Kier molecular flexibility index (Phi) is 4.32. The maximum absolute atomic E-state index is 11.7. The van der Waals surface area contributed by atoms with Crippen LogP contribution in [-0.2, 0) is 4.79 Å². The molecule has 1 aliphatic heterocycles. The number of ether oxygens (including phenoxy) is 1. The molecule has 0 radical (unpaired) electrons. The fourth-order valence-corrected chi connectivity index (χ4v) is 2.91. The quantitative estimate of drug-likeness (QED) is 0.863. The van der Waals surface area contributed by atoms with Crippen molar-refractivity contribution in [1.82, 2.24) is 4.98 Å². The molecular weight excluding hydrogens is 322 g/mol. The molecule has 0 aliphatic carbocycles. The Morgan fingerprint density at radius 1 is 1.29 bits per heavy atom. The molecule has 124 valence electrons. The highest BCUT2D eigenvalue weighted by molar-refractivity contribution is 8.18. The highest BCUT2D eigenvalue weighted by Gasteiger charge is 2.19. The molecule has 3 rings (SSSR count). The van der Waals surface area contributed by atoms with Crippen molar-refractivity contribution in [1.29, 1.82) is 0 Å². The summed E-state index contributed by atoms with van der Waals surface area (Å²) in [6.07, 6.45) is 3.53. The Bertz CT molecular complexity index is 866. The number of carbonyl (C=O) groups excluding carboxylic acids is 1. The third-order valence-corrected chi connectivity index (χ3v) is 4.13. The summed E-state index contributed by atoms with van der Waals surface area (Å²) in [5.74, 6) is 0.490. The molecule has 0 fully saturated rings. The topological polar surface area (TPSA) is 77.6 Å². The fraction of sp³-hybridized carbons (Fsp3) is 0.278. The summed E-state index contributed by atoms with van der Waals surface area (Å²) in [5.41, 5.74) is 7.39. The summed E-state index contributed by atoms with van der Waals surface area (Å²) >= 11 is 1.18. The van der Waals surface area contributed by atoms with Gasteiger partial charge in [0.25, 0.3) is 5.91 Å². The van der Waals surface area contributed by atoms with Crippen LogP contribution in [0.2, 0.25) is 0 Å². The van der Waals surface area contributed by atoms with Crippen molar-refractivity contribution in [2.75, 3.05) is 6.61 Å². The molecule has 0 spiro atoms. The lowest BCUT2D eigenvalue weighted by Gasteiger charge is -2.19. The Balaban J connectivity index is 1.95. The molecule has 2 aromatic rings. The predicted octanol–water partition coefficient (Wildman–Crippen LogP) is 3.59. The second-order valence-corrected chi connectivity index (χ2v) is 7.86. The SMILES string of the molecule is CC(C)(C)COc1ccnc2ccc(/C=C3\SC(N)=NC3=O)cc12. The maximum atomic E-state index is 11.7. The van der Waals surface area contributed by atoms with Gasteiger partial charge in [0, 0.05) is 11.6 Å². The van der Waals surface area contributed by atoms with Crippen LogP contribution in [0.15, 0.2) is 40.4 Å². The van der Waals surface area contributed by atoms with Crippen LogP contribution < -0.4 is 10.5 Å². The molecule has 0 unspecified atom stereocenters. The Labute approximate surface area is 145 Å². The first-order valence-electron chi connectivity index (χ1n) is 7.61. The number of fused-ring (bicyclic) bond motifs is 1. The summed E-state index contributed by atoms with van der Waals surface area (Å²) in [6, 6.07) is 7.66. The summed E-state index contributed by atoms with van der Waals surface area (Å²) < 4.78 is 5.97. The van der Waals surface area contributed by atoms with Crippen molar-refractivity contribution < 1.29 is 9.53 Å². The number of hydrogen-bond acceptors (Lipinski definition) is 5. The molecule has 0 atom stereocenters. The van der Waals surface area contributed by atoms with E-state index in [1.807, 2.05) is 24.3 Å². The first kappa shape index (κ1) is 16.5. The van der Waals surface area contributed by atoms with E-state index in [4.69, 9.17) is 10.5 Å². The van der Waals surface area contributed by atoms with Gasteiger partial charge in [-0.1, -0.05) is 26.8 Å². The standard InChI is InChI=1S/C18H19N3O2S/c1-18(2,3)10-23-14-6-7-20-13-5-4-11(8-12(13)14)9-15-16(22)21-17(19)24-15/h4-9H,10H2,1-3H3,(H2,19,21,22)/b15-9-. The second-order valence-electron chi connectivity index (χ2n) is 6.80. The highest BCUT2D eigenvalue weighted by atomic mass is 32.2. The molecule has 2 N–H and O–H groups in total. The van der Waals surface area contributed by atoms with E-state index in [0.29, 0.717) is 11.5 Å². The monoisotopic (exact) mass is 341 g/mol. The molecule has 0 saturated carbocycles. The fourth-order valence-electron chi connectivity index (χ4n) is 2.23.